The third-order valence-electron chi connectivity index (χ3n) is 3.13. The van der Waals surface area contributed by atoms with E-state index < -0.39 is 5.97 Å². The van der Waals surface area contributed by atoms with Crippen LogP contribution in [0.2, 0.25) is 0 Å². The number of esters is 1. The van der Waals surface area contributed by atoms with Crippen LogP contribution in [-0.4, -0.2) is 41.3 Å². The molecule has 0 spiro atoms. The van der Waals surface area contributed by atoms with E-state index >= 15 is 0 Å². The summed E-state index contributed by atoms with van der Waals surface area (Å²) >= 11 is 1.08. The maximum Gasteiger partial charge on any atom is 0.331 e. The van der Waals surface area contributed by atoms with Gasteiger partial charge in [0.25, 0.3) is 5.91 Å². The van der Waals surface area contributed by atoms with E-state index in [-0.39, 0.29) is 17.4 Å². The Morgan fingerprint density at radius 1 is 1.38 bits per heavy atom. The lowest BCUT2D eigenvalue weighted by molar-refractivity contribution is -0.135. The molecule has 1 aromatic carbocycles. The van der Waals surface area contributed by atoms with Gasteiger partial charge in [0.1, 0.15) is 0 Å². The molecule has 0 unspecified atom stereocenters. The monoisotopic (exact) mass is 343 g/mol. The number of carbonyl (C=O) groups is 2. The van der Waals surface area contributed by atoms with Crippen molar-refractivity contribution in [2.45, 2.75) is 6.92 Å². The van der Waals surface area contributed by atoms with E-state index in [4.69, 9.17) is 0 Å². The number of nitrogens with zero attached hydrogens (tertiary/aromatic N) is 3. The summed E-state index contributed by atoms with van der Waals surface area (Å²) in [5.41, 5.74) is 1.66. The van der Waals surface area contributed by atoms with Gasteiger partial charge in [0.15, 0.2) is 5.17 Å². The van der Waals surface area contributed by atoms with Crippen LogP contribution in [0.15, 0.2) is 64.2 Å². The SMILES string of the molecule is C=CCN1C(=O)/C(=C/C(=O)OC)S/C1=N\N=C(/C)c1ccccc1. The Morgan fingerprint density at radius 3 is 2.71 bits per heavy atom. The van der Waals surface area contributed by atoms with E-state index in [1.54, 1.807) is 6.08 Å². The van der Waals surface area contributed by atoms with Gasteiger partial charge in [0, 0.05) is 12.6 Å². The highest BCUT2D eigenvalue weighted by Crippen LogP contribution is 2.30. The van der Waals surface area contributed by atoms with Gasteiger partial charge in [-0.05, 0) is 24.2 Å². The van der Waals surface area contributed by atoms with E-state index in [1.165, 1.54) is 12.0 Å². The summed E-state index contributed by atoms with van der Waals surface area (Å²) in [6, 6.07) is 9.60. The van der Waals surface area contributed by atoms with Crippen LogP contribution in [0.5, 0.6) is 0 Å². The van der Waals surface area contributed by atoms with Gasteiger partial charge < -0.3 is 4.74 Å². The van der Waals surface area contributed by atoms with Gasteiger partial charge in [-0.25, -0.2) is 4.79 Å². The third-order valence-corrected chi connectivity index (χ3v) is 4.12. The number of benzene rings is 1. The second-order valence-electron chi connectivity index (χ2n) is 4.77. The van der Waals surface area contributed by atoms with Crippen molar-refractivity contribution in [3.8, 4) is 0 Å². The van der Waals surface area contributed by atoms with Crippen LogP contribution in [0.1, 0.15) is 12.5 Å². The predicted octanol–water partition coefficient (Wildman–Crippen LogP) is 2.58. The molecule has 1 aliphatic rings. The summed E-state index contributed by atoms with van der Waals surface area (Å²) in [6.07, 6.45) is 2.74. The predicted molar refractivity (Wildman–Crippen MR) is 95.7 cm³/mol. The van der Waals surface area contributed by atoms with Crippen LogP contribution in [0.3, 0.4) is 0 Å². The molecule has 1 amide bonds. The van der Waals surface area contributed by atoms with E-state index in [9.17, 15) is 9.59 Å². The van der Waals surface area contributed by atoms with Crippen LogP contribution in [-0.2, 0) is 14.3 Å². The van der Waals surface area contributed by atoms with Crippen molar-refractivity contribution in [2.75, 3.05) is 13.7 Å². The zero-order chi connectivity index (χ0) is 17.5. The number of methoxy groups -OCH3 is 1. The number of amides is 1. The van der Waals surface area contributed by atoms with Gasteiger partial charge >= 0.3 is 5.97 Å². The Balaban J connectivity index is 2.29. The van der Waals surface area contributed by atoms with Gasteiger partial charge in [-0.15, -0.1) is 11.7 Å². The summed E-state index contributed by atoms with van der Waals surface area (Å²) in [5, 5.41) is 8.75. The molecule has 0 N–H and O–H groups in total. The first kappa shape index (κ1) is 17.7. The quantitative estimate of drug-likeness (QED) is 0.271. The second-order valence-corrected chi connectivity index (χ2v) is 5.78. The topological polar surface area (TPSA) is 71.3 Å². The highest BCUT2D eigenvalue weighted by Gasteiger charge is 2.33. The van der Waals surface area contributed by atoms with Crippen LogP contribution in [0.25, 0.3) is 0 Å². The molecule has 6 nitrogen and oxygen atoms in total. The van der Waals surface area contributed by atoms with Crippen LogP contribution >= 0.6 is 11.8 Å². The molecule has 1 heterocycles. The van der Waals surface area contributed by atoms with Gasteiger partial charge in [-0.2, -0.15) is 5.10 Å². The Bertz CT molecular complexity index is 739. The lowest BCUT2D eigenvalue weighted by Crippen LogP contribution is -2.29. The summed E-state index contributed by atoms with van der Waals surface area (Å²) in [4.78, 5) is 25.3. The average Bonchev–Trinajstić information content (AvgIpc) is 2.89. The molecule has 0 radical (unpaired) electrons. The zero-order valence-corrected chi connectivity index (χ0v) is 14.2. The molecule has 0 atom stereocenters. The van der Waals surface area contributed by atoms with Crippen molar-refractivity contribution in [1.82, 2.24) is 4.90 Å². The molecule has 0 saturated carbocycles. The Kier molecular flexibility index (Phi) is 6.08. The summed E-state index contributed by atoms with van der Waals surface area (Å²) in [5.74, 6) is -0.911. The smallest absolute Gasteiger partial charge is 0.331 e. The first-order chi connectivity index (χ1) is 11.6. The number of carbonyl (C=O) groups excluding carboxylic acids is 2. The number of rotatable bonds is 5. The molecule has 1 aliphatic heterocycles. The molecule has 24 heavy (non-hydrogen) atoms. The lowest BCUT2D eigenvalue weighted by Gasteiger charge is -2.11. The minimum absolute atomic E-state index is 0.245. The van der Waals surface area contributed by atoms with Crippen LogP contribution in [0, 0.1) is 0 Å². The van der Waals surface area contributed by atoms with Gasteiger partial charge in [-0.1, -0.05) is 36.4 Å². The fraction of sp³-hybridized carbons (Fsp3) is 0.176. The van der Waals surface area contributed by atoms with E-state index in [2.05, 4.69) is 21.5 Å². The Labute approximate surface area is 144 Å². The number of ether oxygens (including phenoxy) is 1. The van der Waals surface area contributed by atoms with E-state index in [0.29, 0.717) is 5.17 Å². The van der Waals surface area contributed by atoms with Crippen LogP contribution in [0.4, 0.5) is 0 Å². The van der Waals surface area contributed by atoms with E-state index in [0.717, 1.165) is 29.1 Å². The number of hydrogen-bond donors (Lipinski definition) is 0. The normalized spacial score (nSPS) is 18.3. The summed E-state index contributed by atoms with van der Waals surface area (Å²) < 4.78 is 4.56. The van der Waals surface area contributed by atoms with Gasteiger partial charge in [0.2, 0.25) is 0 Å². The fourth-order valence-electron chi connectivity index (χ4n) is 1.89. The third kappa shape index (κ3) is 4.20. The molecule has 7 heteroatoms. The Hall–Kier alpha value is -2.67. The van der Waals surface area contributed by atoms with Crippen molar-refractivity contribution in [2.24, 2.45) is 10.2 Å². The zero-order valence-electron chi connectivity index (χ0n) is 13.4. The molecule has 2 rings (SSSR count). The summed E-state index contributed by atoms with van der Waals surface area (Å²) in [7, 11) is 1.26. The highest BCUT2D eigenvalue weighted by atomic mass is 32.2. The molecule has 0 aromatic heterocycles. The van der Waals surface area contributed by atoms with Crippen molar-refractivity contribution in [3.05, 3.63) is 59.5 Å². The maximum atomic E-state index is 12.3. The second kappa shape index (κ2) is 8.26. The Morgan fingerprint density at radius 2 is 2.08 bits per heavy atom. The lowest BCUT2D eigenvalue weighted by atomic mass is 10.1. The van der Waals surface area contributed by atoms with Crippen LogP contribution < -0.4 is 0 Å². The number of hydrogen-bond acceptors (Lipinski definition) is 6. The van der Waals surface area contributed by atoms with Crippen molar-refractivity contribution in [3.63, 3.8) is 0 Å². The molecule has 1 saturated heterocycles. The molecule has 0 aliphatic carbocycles. The highest BCUT2D eigenvalue weighted by molar-refractivity contribution is 8.18. The standard InChI is InChI=1S/C17H17N3O3S/c1-4-10-20-16(22)14(11-15(21)23-3)24-17(20)19-18-12(2)13-8-6-5-7-9-13/h4-9,11H,1,10H2,2-3H3/b14-11-,18-12+,19-17-. The molecule has 1 aromatic rings. The molecular formula is C17H17N3O3S. The molecule has 0 bridgehead atoms. The van der Waals surface area contributed by atoms with Crippen molar-refractivity contribution < 1.29 is 14.3 Å². The number of thioether (sulfide) groups is 1. The van der Waals surface area contributed by atoms with Gasteiger partial charge in [-0.3, -0.25) is 9.69 Å². The largest absolute Gasteiger partial charge is 0.466 e. The molecule has 1 fully saturated rings. The molecular weight excluding hydrogens is 326 g/mol. The number of amidine groups is 1. The maximum absolute atomic E-state index is 12.3. The fourth-order valence-corrected chi connectivity index (χ4v) is 2.79. The van der Waals surface area contributed by atoms with Gasteiger partial charge in [0.05, 0.1) is 17.7 Å². The first-order valence-corrected chi connectivity index (χ1v) is 7.96. The van der Waals surface area contributed by atoms with Crippen molar-refractivity contribution >= 4 is 34.5 Å². The minimum Gasteiger partial charge on any atom is -0.466 e. The average molecular weight is 343 g/mol. The molecule has 124 valence electrons. The first-order valence-electron chi connectivity index (χ1n) is 7.14. The summed E-state index contributed by atoms with van der Waals surface area (Å²) in [6.45, 7) is 5.75. The minimum atomic E-state index is -0.588. The van der Waals surface area contributed by atoms with Crippen molar-refractivity contribution in [1.29, 1.82) is 0 Å². The van der Waals surface area contributed by atoms with E-state index in [1.807, 2.05) is 37.3 Å².